The van der Waals surface area contributed by atoms with Crippen LogP contribution in [0.15, 0.2) is 0 Å². The van der Waals surface area contributed by atoms with Crippen LogP contribution in [0.25, 0.3) is 0 Å². The zero-order chi connectivity index (χ0) is 11.3. The molecule has 0 heterocycles. The summed E-state index contributed by atoms with van der Waals surface area (Å²) in [6, 6.07) is 0.644. The fourth-order valence-corrected chi connectivity index (χ4v) is 2.70. The van der Waals surface area contributed by atoms with E-state index in [-0.39, 0.29) is 0 Å². The van der Waals surface area contributed by atoms with Crippen LogP contribution in [0.5, 0.6) is 0 Å². The van der Waals surface area contributed by atoms with E-state index < -0.39 is 0 Å². The van der Waals surface area contributed by atoms with Crippen molar-refractivity contribution >= 4 is 0 Å². The Kier molecular flexibility index (Phi) is 5.62. The van der Waals surface area contributed by atoms with E-state index in [1.165, 1.54) is 25.7 Å². The minimum absolute atomic E-state index is 0.644. The van der Waals surface area contributed by atoms with Gasteiger partial charge in [0, 0.05) is 13.1 Å². The lowest BCUT2D eigenvalue weighted by Gasteiger charge is -2.39. The van der Waals surface area contributed by atoms with Crippen molar-refractivity contribution in [2.45, 2.75) is 58.9 Å². The van der Waals surface area contributed by atoms with Gasteiger partial charge < -0.3 is 0 Å². The lowest BCUT2D eigenvalue weighted by atomic mass is 9.78. The summed E-state index contributed by atoms with van der Waals surface area (Å²) in [5, 5.41) is 2.13. The topological polar surface area (TPSA) is 12.5 Å². The van der Waals surface area contributed by atoms with Crippen LogP contribution in [0.3, 0.4) is 0 Å². The number of hydroxylamine groups is 2. The second kappa shape index (κ2) is 6.49. The van der Waals surface area contributed by atoms with E-state index in [4.69, 9.17) is 4.84 Å². The Balaban J connectivity index is 2.47. The van der Waals surface area contributed by atoms with Gasteiger partial charge in [-0.3, -0.25) is 4.84 Å². The van der Waals surface area contributed by atoms with Crippen molar-refractivity contribution in [2.24, 2.45) is 11.8 Å². The van der Waals surface area contributed by atoms with Gasteiger partial charge in [0.1, 0.15) is 0 Å². The number of nitrogens with zero attached hydrogens (tertiary/aromatic N) is 1. The molecule has 2 nitrogen and oxygen atoms in total. The van der Waals surface area contributed by atoms with Crippen LogP contribution in [0.1, 0.15) is 52.9 Å². The zero-order valence-corrected chi connectivity index (χ0v) is 10.8. The number of hydrogen-bond donors (Lipinski definition) is 0. The fourth-order valence-electron chi connectivity index (χ4n) is 2.70. The van der Waals surface area contributed by atoms with E-state index >= 15 is 0 Å². The third-order valence-electron chi connectivity index (χ3n) is 3.60. The predicted molar refractivity (Wildman–Crippen MR) is 64.6 cm³/mol. The summed E-state index contributed by atoms with van der Waals surface area (Å²) in [5.74, 6) is 1.60. The quantitative estimate of drug-likeness (QED) is 0.648. The SMILES string of the molecule is CCCON(C)C1CCCCC1C(C)C. The molecule has 90 valence electrons. The summed E-state index contributed by atoms with van der Waals surface area (Å²) >= 11 is 0. The zero-order valence-electron chi connectivity index (χ0n) is 10.8. The van der Waals surface area contributed by atoms with Gasteiger partial charge in [-0.25, -0.2) is 0 Å². The average molecular weight is 213 g/mol. The fraction of sp³-hybridized carbons (Fsp3) is 1.00. The third-order valence-corrected chi connectivity index (χ3v) is 3.60. The first kappa shape index (κ1) is 13.0. The molecule has 0 bridgehead atoms. The Morgan fingerprint density at radius 2 is 1.93 bits per heavy atom. The highest BCUT2D eigenvalue weighted by Gasteiger charge is 2.30. The molecular formula is C13H27NO. The van der Waals surface area contributed by atoms with Crippen LogP contribution in [0, 0.1) is 11.8 Å². The number of hydrogen-bond acceptors (Lipinski definition) is 2. The van der Waals surface area contributed by atoms with Gasteiger partial charge >= 0.3 is 0 Å². The summed E-state index contributed by atoms with van der Waals surface area (Å²) in [7, 11) is 2.11. The van der Waals surface area contributed by atoms with Crippen molar-refractivity contribution < 1.29 is 4.84 Å². The van der Waals surface area contributed by atoms with Gasteiger partial charge in [0.2, 0.25) is 0 Å². The van der Waals surface area contributed by atoms with Gasteiger partial charge in [-0.15, -0.1) is 0 Å². The van der Waals surface area contributed by atoms with Crippen molar-refractivity contribution in [2.75, 3.05) is 13.7 Å². The molecule has 1 fully saturated rings. The molecule has 1 saturated carbocycles. The van der Waals surface area contributed by atoms with Crippen molar-refractivity contribution in [3.8, 4) is 0 Å². The molecule has 15 heavy (non-hydrogen) atoms. The first-order valence-electron chi connectivity index (χ1n) is 6.52. The summed E-state index contributed by atoms with van der Waals surface area (Å²) in [6.07, 6.45) is 6.56. The van der Waals surface area contributed by atoms with E-state index in [1.807, 2.05) is 0 Å². The van der Waals surface area contributed by atoms with Gasteiger partial charge in [-0.05, 0) is 31.1 Å². The maximum atomic E-state index is 5.74. The molecular weight excluding hydrogens is 186 g/mol. The van der Waals surface area contributed by atoms with Crippen LogP contribution < -0.4 is 0 Å². The minimum Gasteiger partial charge on any atom is -0.299 e. The maximum absolute atomic E-state index is 5.74. The molecule has 0 aromatic rings. The molecule has 0 N–H and O–H groups in total. The second-order valence-electron chi connectivity index (χ2n) is 5.14. The summed E-state index contributed by atoms with van der Waals surface area (Å²) in [6.45, 7) is 7.71. The summed E-state index contributed by atoms with van der Waals surface area (Å²) < 4.78 is 0. The smallest absolute Gasteiger partial charge is 0.0682 e. The highest BCUT2D eigenvalue weighted by atomic mass is 16.7. The molecule has 2 heteroatoms. The van der Waals surface area contributed by atoms with Gasteiger partial charge in [0.25, 0.3) is 0 Å². The van der Waals surface area contributed by atoms with Crippen LogP contribution in [-0.2, 0) is 4.84 Å². The van der Waals surface area contributed by atoms with Crippen LogP contribution in [0.4, 0.5) is 0 Å². The number of rotatable bonds is 5. The third kappa shape index (κ3) is 3.76. The Morgan fingerprint density at radius 3 is 2.53 bits per heavy atom. The van der Waals surface area contributed by atoms with Crippen LogP contribution >= 0.6 is 0 Å². The molecule has 0 aliphatic heterocycles. The van der Waals surface area contributed by atoms with Gasteiger partial charge in [-0.1, -0.05) is 33.6 Å². The maximum Gasteiger partial charge on any atom is 0.0682 e. The monoisotopic (exact) mass is 213 g/mol. The van der Waals surface area contributed by atoms with Crippen molar-refractivity contribution in [3.05, 3.63) is 0 Å². The highest BCUT2D eigenvalue weighted by molar-refractivity contribution is 4.81. The molecule has 1 rings (SSSR count). The molecule has 0 saturated heterocycles. The van der Waals surface area contributed by atoms with Crippen LogP contribution in [0.2, 0.25) is 0 Å². The molecule has 2 unspecified atom stereocenters. The normalized spacial score (nSPS) is 27.6. The molecule has 0 spiro atoms. The second-order valence-corrected chi connectivity index (χ2v) is 5.14. The van der Waals surface area contributed by atoms with Gasteiger partial charge in [0.15, 0.2) is 0 Å². The minimum atomic E-state index is 0.644. The Hall–Kier alpha value is -0.0800. The molecule has 0 radical (unpaired) electrons. The first-order chi connectivity index (χ1) is 7.16. The average Bonchev–Trinajstić information content (AvgIpc) is 2.25. The van der Waals surface area contributed by atoms with Crippen molar-refractivity contribution in [1.82, 2.24) is 5.06 Å². The Morgan fingerprint density at radius 1 is 1.27 bits per heavy atom. The van der Waals surface area contributed by atoms with Crippen molar-refractivity contribution in [3.63, 3.8) is 0 Å². The molecule has 0 amide bonds. The summed E-state index contributed by atoms with van der Waals surface area (Å²) in [4.78, 5) is 5.74. The van der Waals surface area contributed by atoms with E-state index in [9.17, 15) is 0 Å². The molecule has 1 aliphatic rings. The van der Waals surface area contributed by atoms with E-state index in [1.54, 1.807) is 0 Å². The van der Waals surface area contributed by atoms with Crippen molar-refractivity contribution in [1.29, 1.82) is 0 Å². The lowest BCUT2D eigenvalue weighted by Crippen LogP contribution is -2.42. The molecule has 1 aliphatic carbocycles. The largest absolute Gasteiger partial charge is 0.299 e. The Labute approximate surface area is 94.9 Å². The predicted octanol–water partition coefficient (Wildman–Crippen LogP) is 3.47. The van der Waals surface area contributed by atoms with Gasteiger partial charge in [-0.2, -0.15) is 5.06 Å². The standard InChI is InChI=1S/C13H27NO/c1-5-10-15-14(4)13-9-7-6-8-12(13)11(2)3/h11-13H,5-10H2,1-4H3. The van der Waals surface area contributed by atoms with E-state index in [0.717, 1.165) is 24.9 Å². The molecule has 2 atom stereocenters. The molecule has 0 aromatic carbocycles. The highest BCUT2D eigenvalue weighted by Crippen LogP contribution is 2.33. The van der Waals surface area contributed by atoms with E-state index in [0.29, 0.717) is 6.04 Å². The Bertz CT molecular complexity index is 170. The lowest BCUT2D eigenvalue weighted by molar-refractivity contribution is -0.188. The van der Waals surface area contributed by atoms with E-state index in [2.05, 4.69) is 32.9 Å². The molecule has 0 aromatic heterocycles. The first-order valence-corrected chi connectivity index (χ1v) is 6.52. The van der Waals surface area contributed by atoms with Crippen LogP contribution in [-0.4, -0.2) is 24.8 Å². The summed E-state index contributed by atoms with van der Waals surface area (Å²) in [5.41, 5.74) is 0. The van der Waals surface area contributed by atoms with Gasteiger partial charge in [0.05, 0.1) is 6.61 Å².